The van der Waals surface area contributed by atoms with E-state index in [9.17, 15) is 4.79 Å². The number of aromatic nitrogens is 1. The highest BCUT2D eigenvalue weighted by Crippen LogP contribution is 2.30. The second kappa shape index (κ2) is 4.92. The summed E-state index contributed by atoms with van der Waals surface area (Å²) in [6.45, 7) is 2.55. The minimum absolute atomic E-state index is 0.114. The molecule has 2 atom stereocenters. The molecule has 2 unspecified atom stereocenters. The number of fused-ring (bicyclic) bond motifs is 1. The van der Waals surface area contributed by atoms with Gasteiger partial charge in [-0.25, -0.2) is 0 Å². The number of nitrogens with one attached hydrogen (secondary N) is 1. The van der Waals surface area contributed by atoms with Crippen LogP contribution in [0.2, 0.25) is 0 Å². The largest absolute Gasteiger partial charge is 0.369 e. The lowest BCUT2D eigenvalue weighted by atomic mass is 9.91. The van der Waals surface area contributed by atoms with Crippen molar-refractivity contribution in [3.8, 4) is 0 Å². The fraction of sp³-hybridized carbons (Fsp3) is 0.615. The minimum atomic E-state index is -0.234. The van der Waals surface area contributed by atoms with Crippen LogP contribution in [-0.4, -0.2) is 17.5 Å². The average molecular weight is 235 g/mol. The summed E-state index contributed by atoms with van der Waals surface area (Å²) in [5.41, 5.74) is 8.09. The molecule has 2 rings (SSSR count). The lowest BCUT2D eigenvalue weighted by molar-refractivity contribution is -0.121. The summed E-state index contributed by atoms with van der Waals surface area (Å²) in [5.74, 6) is -0.348. The molecule has 0 spiro atoms. The summed E-state index contributed by atoms with van der Waals surface area (Å²) in [7, 11) is 2.00. The van der Waals surface area contributed by atoms with Crippen LogP contribution in [-0.2, 0) is 17.8 Å². The van der Waals surface area contributed by atoms with Crippen molar-refractivity contribution in [2.45, 2.75) is 38.8 Å². The first-order valence-electron chi connectivity index (χ1n) is 6.27. The van der Waals surface area contributed by atoms with Crippen molar-refractivity contribution in [1.29, 1.82) is 0 Å². The van der Waals surface area contributed by atoms with E-state index in [4.69, 9.17) is 5.73 Å². The molecule has 0 radical (unpaired) electrons. The number of primary amides is 1. The molecule has 0 aromatic carbocycles. The van der Waals surface area contributed by atoms with Gasteiger partial charge in [0.2, 0.25) is 5.91 Å². The van der Waals surface area contributed by atoms with Crippen molar-refractivity contribution in [3.63, 3.8) is 0 Å². The van der Waals surface area contributed by atoms with E-state index in [0.717, 1.165) is 6.42 Å². The standard InChI is InChI=1S/C13H21N3O/c1-9(13(14)17)6-16-7-10-4-3-5-12(15-2)11(10)8-16/h7-9,12,15H,3-6H2,1-2H3,(H2,14,17). The van der Waals surface area contributed by atoms with Gasteiger partial charge < -0.3 is 15.6 Å². The number of carbonyl (C=O) groups excluding carboxylic acids is 1. The second-order valence-corrected chi connectivity index (χ2v) is 4.97. The molecule has 0 aliphatic heterocycles. The van der Waals surface area contributed by atoms with Crippen LogP contribution in [0.1, 0.15) is 36.9 Å². The van der Waals surface area contributed by atoms with Gasteiger partial charge in [0.05, 0.1) is 5.92 Å². The van der Waals surface area contributed by atoms with Crippen LogP contribution in [0.4, 0.5) is 0 Å². The normalized spacial score (nSPS) is 20.9. The molecule has 1 aromatic rings. The predicted octanol–water partition coefficient (Wildman–Crippen LogP) is 1.21. The number of carbonyl (C=O) groups is 1. The van der Waals surface area contributed by atoms with Gasteiger partial charge >= 0.3 is 0 Å². The first-order valence-corrected chi connectivity index (χ1v) is 6.27. The molecule has 0 saturated carbocycles. The van der Waals surface area contributed by atoms with E-state index in [1.807, 2.05) is 14.0 Å². The van der Waals surface area contributed by atoms with Gasteiger partial charge in [-0.05, 0) is 37.4 Å². The van der Waals surface area contributed by atoms with Gasteiger partial charge in [0, 0.05) is 25.0 Å². The van der Waals surface area contributed by atoms with Gasteiger partial charge in [-0.1, -0.05) is 6.92 Å². The predicted molar refractivity (Wildman–Crippen MR) is 67.5 cm³/mol. The topological polar surface area (TPSA) is 60.1 Å². The third-order valence-electron chi connectivity index (χ3n) is 3.63. The van der Waals surface area contributed by atoms with E-state index in [2.05, 4.69) is 22.3 Å². The fourth-order valence-electron chi connectivity index (χ4n) is 2.56. The van der Waals surface area contributed by atoms with Crippen LogP contribution in [0, 0.1) is 5.92 Å². The molecular weight excluding hydrogens is 214 g/mol. The van der Waals surface area contributed by atoms with Crippen LogP contribution in [0.15, 0.2) is 12.4 Å². The Kier molecular flexibility index (Phi) is 3.52. The molecule has 0 fully saturated rings. The Morgan fingerprint density at radius 3 is 3.06 bits per heavy atom. The summed E-state index contributed by atoms with van der Waals surface area (Å²) < 4.78 is 2.11. The monoisotopic (exact) mass is 235 g/mol. The number of amides is 1. The molecule has 4 heteroatoms. The van der Waals surface area contributed by atoms with E-state index >= 15 is 0 Å². The van der Waals surface area contributed by atoms with Crippen LogP contribution in [0.25, 0.3) is 0 Å². The van der Waals surface area contributed by atoms with Crippen LogP contribution < -0.4 is 11.1 Å². The quantitative estimate of drug-likeness (QED) is 0.824. The zero-order valence-corrected chi connectivity index (χ0v) is 10.6. The maximum atomic E-state index is 11.1. The van der Waals surface area contributed by atoms with E-state index in [1.54, 1.807) is 0 Å². The maximum Gasteiger partial charge on any atom is 0.222 e. The fourth-order valence-corrected chi connectivity index (χ4v) is 2.56. The summed E-state index contributed by atoms with van der Waals surface area (Å²) in [4.78, 5) is 11.1. The molecule has 1 aliphatic rings. The summed E-state index contributed by atoms with van der Waals surface area (Å²) in [5, 5.41) is 3.34. The maximum absolute atomic E-state index is 11.1. The first-order chi connectivity index (χ1) is 8.11. The molecule has 4 nitrogen and oxygen atoms in total. The molecular formula is C13H21N3O. The molecule has 1 aliphatic carbocycles. The minimum Gasteiger partial charge on any atom is -0.369 e. The van der Waals surface area contributed by atoms with Gasteiger partial charge in [-0.3, -0.25) is 4.79 Å². The van der Waals surface area contributed by atoms with Crippen LogP contribution in [0.3, 0.4) is 0 Å². The average Bonchev–Trinajstić information content (AvgIpc) is 2.70. The molecule has 1 amide bonds. The Labute approximate surface area is 102 Å². The Bertz CT molecular complexity index is 411. The zero-order valence-electron chi connectivity index (χ0n) is 10.6. The number of nitrogens with zero attached hydrogens (tertiary/aromatic N) is 1. The molecule has 1 heterocycles. The van der Waals surface area contributed by atoms with Gasteiger partial charge in [0.25, 0.3) is 0 Å². The molecule has 1 aromatic heterocycles. The second-order valence-electron chi connectivity index (χ2n) is 4.97. The third kappa shape index (κ3) is 2.52. The molecule has 94 valence electrons. The zero-order chi connectivity index (χ0) is 12.4. The number of aryl methyl sites for hydroxylation is 1. The summed E-state index contributed by atoms with van der Waals surface area (Å²) in [6.07, 6.45) is 7.89. The summed E-state index contributed by atoms with van der Waals surface area (Å²) >= 11 is 0. The van der Waals surface area contributed by atoms with Gasteiger partial charge in [0.15, 0.2) is 0 Å². The van der Waals surface area contributed by atoms with Gasteiger partial charge in [-0.15, -0.1) is 0 Å². The van der Waals surface area contributed by atoms with Crippen LogP contribution in [0.5, 0.6) is 0 Å². The van der Waals surface area contributed by atoms with Gasteiger partial charge in [0.1, 0.15) is 0 Å². The van der Waals surface area contributed by atoms with Crippen molar-refractivity contribution in [1.82, 2.24) is 9.88 Å². The lowest BCUT2D eigenvalue weighted by Gasteiger charge is -2.21. The third-order valence-corrected chi connectivity index (χ3v) is 3.63. The number of hydrogen-bond donors (Lipinski definition) is 2. The van der Waals surface area contributed by atoms with E-state index in [-0.39, 0.29) is 11.8 Å². The van der Waals surface area contributed by atoms with E-state index < -0.39 is 0 Å². The Hall–Kier alpha value is -1.29. The number of hydrogen-bond acceptors (Lipinski definition) is 2. The highest BCUT2D eigenvalue weighted by molar-refractivity contribution is 5.76. The Morgan fingerprint density at radius 2 is 2.41 bits per heavy atom. The smallest absolute Gasteiger partial charge is 0.222 e. The Balaban J connectivity index is 2.16. The lowest BCUT2D eigenvalue weighted by Crippen LogP contribution is -2.24. The first kappa shape index (κ1) is 12.2. The van der Waals surface area contributed by atoms with Gasteiger partial charge in [-0.2, -0.15) is 0 Å². The molecule has 3 N–H and O–H groups in total. The van der Waals surface area contributed by atoms with Crippen molar-refractivity contribution in [2.75, 3.05) is 7.05 Å². The van der Waals surface area contributed by atoms with Crippen LogP contribution >= 0.6 is 0 Å². The Morgan fingerprint density at radius 1 is 1.65 bits per heavy atom. The van der Waals surface area contributed by atoms with E-state index in [0.29, 0.717) is 12.6 Å². The number of rotatable bonds is 4. The summed E-state index contributed by atoms with van der Waals surface area (Å²) in [6, 6.07) is 0.462. The highest BCUT2D eigenvalue weighted by Gasteiger charge is 2.21. The van der Waals surface area contributed by atoms with Crippen molar-refractivity contribution < 1.29 is 4.79 Å². The van der Waals surface area contributed by atoms with Crippen molar-refractivity contribution in [2.24, 2.45) is 11.7 Å². The number of nitrogens with two attached hydrogens (primary N) is 1. The van der Waals surface area contributed by atoms with Crippen molar-refractivity contribution in [3.05, 3.63) is 23.5 Å². The van der Waals surface area contributed by atoms with E-state index in [1.165, 1.54) is 24.0 Å². The SMILES string of the molecule is CNC1CCCc2cn(CC(C)C(N)=O)cc21. The molecule has 0 bridgehead atoms. The highest BCUT2D eigenvalue weighted by atomic mass is 16.1. The molecule has 17 heavy (non-hydrogen) atoms. The molecule has 0 saturated heterocycles. The van der Waals surface area contributed by atoms with Crippen molar-refractivity contribution >= 4 is 5.91 Å².